The van der Waals surface area contributed by atoms with Crippen LogP contribution < -0.4 is 10.6 Å². The van der Waals surface area contributed by atoms with Gasteiger partial charge in [0.2, 0.25) is 0 Å². The van der Waals surface area contributed by atoms with Gasteiger partial charge in [-0.15, -0.1) is 0 Å². The van der Waals surface area contributed by atoms with Crippen molar-refractivity contribution in [2.24, 2.45) is 0 Å². The third-order valence-electron chi connectivity index (χ3n) is 2.98. The smallest absolute Gasteiger partial charge is 0.319 e. The zero-order valence-corrected chi connectivity index (χ0v) is 11.8. The maximum Gasteiger partial charge on any atom is 0.319 e. The highest BCUT2D eigenvalue weighted by Crippen LogP contribution is 2.20. The number of hydrogen-bond acceptors (Lipinski definition) is 5. The number of amides is 2. The molecule has 116 valence electrons. The van der Waals surface area contributed by atoms with Crippen molar-refractivity contribution >= 4 is 17.4 Å². The van der Waals surface area contributed by atoms with Crippen LogP contribution in [0.25, 0.3) is 0 Å². The number of nitrogens with zero attached hydrogens (tertiary/aromatic N) is 1. The number of nitrogens with one attached hydrogen (secondary N) is 2. The van der Waals surface area contributed by atoms with E-state index in [4.69, 9.17) is 4.42 Å². The highest BCUT2D eigenvalue weighted by atomic mass is 16.6. The predicted molar refractivity (Wildman–Crippen MR) is 78.4 cm³/mol. The van der Waals surface area contributed by atoms with Crippen LogP contribution in [0.4, 0.5) is 16.2 Å². The van der Waals surface area contributed by atoms with Crippen molar-refractivity contribution in [2.45, 2.75) is 12.5 Å². The third kappa shape index (κ3) is 3.83. The van der Waals surface area contributed by atoms with Gasteiger partial charge < -0.3 is 20.2 Å². The molecule has 8 heteroatoms. The van der Waals surface area contributed by atoms with Crippen molar-refractivity contribution in [1.29, 1.82) is 0 Å². The van der Waals surface area contributed by atoms with Crippen LogP contribution in [-0.2, 0) is 5.60 Å². The Morgan fingerprint density at radius 2 is 2.05 bits per heavy atom. The Hall–Kier alpha value is -2.87. The number of anilines is 1. The summed E-state index contributed by atoms with van der Waals surface area (Å²) in [7, 11) is 0. The number of urea groups is 1. The van der Waals surface area contributed by atoms with Crippen LogP contribution in [0, 0.1) is 10.1 Å². The van der Waals surface area contributed by atoms with Gasteiger partial charge in [-0.3, -0.25) is 10.1 Å². The molecule has 1 heterocycles. The number of furan rings is 1. The highest BCUT2D eigenvalue weighted by molar-refractivity contribution is 5.89. The summed E-state index contributed by atoms with van der Waals surface area (Å²) < 4.78 is 5.10. The van der Waals surface area contributed by atoms with Gasteiger partial charge in [-0.2, -0.15) is 0 Å². The molecule has 2 amide bonds. The number of carbonyl (C=O) groups is 1. The van der Waals surface area contributed by atoms with Gasteiger partial charge in [-0.1, -0.05) is 0 Å². The van der Waals surface area contributed by atoms with Crippen molar-refractivity contribution in [2.75, 3.05) is 11.9 Å². The molecule has 0 aliphatic carbocycles. The fraction of sp³-hybridized carbons (Fsp3) is 0.214. The lowest BCUT2D eigenvalue weighted by atomic mass is 10.0. The normalized spacial score (nSPS) is 13.2. The number of carbonyl (C=O) groups excluding carboxylic acids is 1. The molecule has 1 unspecified atom stereocenters. The monoisotopic (exact) mass is 305 g/mol. The molecule has 3 N–H and O–H groups in total. The average Bonchev–Trinajstić information content (AvgIpc) is 3.01. The van der Waals surface area contributed by atoms with Crippen molar-refractivity contribution < 1.29 is 19.2 Å². The predicted octanol–water partition coefficient (Wildman–Crippen LogP) is 2.22. The summed E-state index contributed by atoms with van der Waals surface area (Å²) in [5.41, 5.74) is -0.997. The Balaban J connectivity index is 1.89. The molecule has 0 saturated heterocycles. The molecule has 0 radical (unpaired) electrons. The minimum atomic E-state index is -1.34. The Bertz CT molecular complexity index is 650. The SMILES string of the molecule is CC(O)(CNC(=O)Nc1ccc([N+](=O)[O-])cc1)c1ccco1. The highest BCUT2D eigenvalue weighted by Gasteiger charge is 2.26. The van der Waals surface area contributed by atoms with Gasteiger partial charge in [0.15, 0.2) is 0 Å². The first-order chi connectivity index (χ1) is 10.4. The van der Waals surface area contributed by atoms with Crippen molar-refractivity contribution in [3.8, 4) is 0 Å². The summed E-state index contributed by atoms with van der Waals surface area (Å²) in [6, 6.07) is 8.12. The van der Waals surface area contributed by atoms with E-state index in [1.54, 1.807) is 12.1 Å². The van der Waals surface area contributed by atoms with E-state index < -0.39 is 16.6 Å². The molecule has 0 bridgehead atoms. The largest absolute Gasteiger partial charge is 0.466 e. The number of nitro benzene ring substituents is 1. The van der Waals surface area contributed by atoms with Crippen LogP contribution in [0.5, 0.6) is 0 Å². The first kappa shape index (κ1) is 15.5. The van der Waals surface area contributed by atoms with E-state index >= 15 is 0 Å². The van der Waals surface area contributed by atoms with Gasteiger partial charge >= 0.3 is 6.03 Å². The fourth-order valence-corrected chi connectivity index (χ4v) is 1.77. The summed E-state index contributed by atoms with van der Waals surface area (Å²) in [4.78, 5) is 21.8. The molecular formula is C14H15N3O5. The lowest BCUT2D eigenvalue weighted by Gasteiger charge is -2.21. The molecular weight excluding hydrogens is 290 g/mol. The van der Waals surface area contributed by atoms with E-state index in [9.17, 15) is 20.0 Å². The molecule has 0 spiro atoms. The minimum Gasteiger partial charge on any atom is -0.466 e. The van der Waals surface area contributed by atoms with Crippen LogP contribution in [0.15, 0.2) is 47.1 Å². The molecule has 1 atom stereocenters. The summed E-state index contributed by atoms with van der Waals surface area (Å²) in [6.07, 6.45) is 1.43. The Kier molecular flexibility index (Phi) is 4.42. The van der Waals surface area contributed by atoms with Crippen molar-refractivity contribution in [1.82, 2.24) is 5.32 Å². The first-order valence-corrected chi connectivity index (χ1v) is 6.44. The molecule has 8 nitrogen and oxygen atoms in total. The standard InChI is InChI=1S/C14H15N3O5/c1-14(19,12-3-2-8-22-12)9-15-13(18)16-10-4-6-11(7-5-10)17(20)21/h2-8,19H,9H2,1H3,(H2,15,16,18). The third-order valence-corrected chi connectivity index (χ3v) is 2.98. The second-order valence-corrected chi connectivity index (χ2v) is 4.86. The van der Waals surface area contributed by atoms with E-state index in [0.717, 1.165) is 0 Å². The maximum absolute atomic E-state index is 11.7. The molecule has 1 aromatic carbocycles. The van der Waals surface area contributed by atoms with E-state index in [1.807, 2.05) is 0 Å². The molecule has 2 rings (SSSR count). The van der Waals surface area contributed by atoms with Gasteiger partial charge in [0, 0.05) is 17.8 Å². The van der Waals surface area contributed by atoms with Crippen molar-refractivity contribution in [3.05, 3.63) is 58.5 Å². The fourth-order valence-electron chi connectivity index (χ4n) is 1.77. The lowest BCUT2D eigenvalue weighted by molar-refractivity contribution is -0.384. The van der Waals surface area contributed by atoms with Gasteiger partial charge in [0.25, 0.3) is 5.69 Å². The van der Waals surface area contributed by atoms with E-state index in [1.165, 1.54) is 37.5 Å². The summed E-state index contributed by atoms with van der Waals surface area (Å²) >= 11 is 0. The maximum atomic E-state index is 11.7. The zero-order chi connectivity index (χ0) is 16.2. The zero-order valence-electron chi connectivity index (χ0n) is 11.8. The quantitative estimate of drug-likeness (QED) is 0.578. The summed E-state index contributed by atoms with van der Waals surface area (Å²) in [5, 5.41) is 25.7. The van der Waals surface area contributed by atoms with Gasteiger partial charge in [0.05, 0.1) is 17.7 Å². The molecule has 0 saturated carbocycles. The van der Waals surface area contributed by atoms with E-state index in [-0.39, 0.29) is 12.2 Å². The summed E-state index contributed by atoms with van der Waals surface area (Å²) in [5.74, 6) is 0.336. The number of rotatable bonds is 5. The van der Waals surface area contributed by atoms with Crippen LogP contribution >= 0.6 is 0 Å². The van der Waals surface area contributed by atoms with Crippen LogP contribution in [0.1, 0.15) is 12.7 Å². The minimum absolute atomic E-state index is 0.0562. The first-order valence-electron chi connectivity index (χ1n) is 6.44. The van der Waals surface area contributed by atoms with Gasteiger partial charge in [-0.05, 0) is 31.2 Å². The molecule has 0 aliphatic heterocycles. The van der Waals surface area contributed by atoms with E-state index in [2.05, 4.69) is 10.6 Å². The second-order valence-electron chi connectivity index (χ2n) is 4.86. The van der Waals surface area contributed by atoms with Gasteiger partial charge in [-0.25, -0.2) is 4.79 Å². The van der Waals surface area contributed by atoms with Crippen LogP contribution in [0.2, 0.25) is 0 Å². The van der Waals surface area contributed by atoms with Gasteiger partial charge in [0.1, 0.15) is 11.4 Å². The Morgan fingerprint density at radius 3 is 2.59 bits per heavy atom. The average molecular weight is 305 g/mol. The number of non-ortho nitro benzene ring substituents is 1. The number of benzene rings is 1. The Labute approximate surface area is 125 Å². The molecule has 1 aromatic heterocycles. The van der Waals surface area contributed by atoms with Crippen LogP contribution in [0.3, 0.4) is 0 Å². The summed E-state index contributed by atoms with van der Waals surface area (Å²) in [6.45, 7) is 1.46. The second kappa shape index (κ2) is 6.27. The number of hydrogen-bond donors (Lipinski definition) is 3. The number of aliphatic hydroxyl groups is 1. The molecule has 0 aliphatic rings. The van der Waals surface area contributed by atoms with Crippen molar-refractivity contribution in [3.63, 3.8) is 0 Å². The molecule has 2 aromatic rings. The lowest BCUT2D eigenvalue weighted by Crippen LogP contribution is -2.40. The Morgan fingerprint density at radius 1 is 1.36 bits per heavy atom. The molecule has 0 fully saturated rings. The van der Waals surface area contributed by atoms with Crippen LogP contribution in [-0.4, -0.2) is 22.6 Å². The number of nitro groups is 1. The van der Waals surface area contributed by atoms with E-state index in [0.29, 0.717) is 11.4 Å². The topological polar surface area (TPSA) is 118 Å². The molecule has 22 heavy (non-hydrogen) atoms.